The summed E-state index contributed by atoms with van der Waals surface area (Å²) in [6.45, 7) is 0. The van der Waals surface area contributed by atoms with E-state index in [0.29, 0.717) is 0 Å². The number of ether oxygens (including phenoxy) is 1. The second kappa shape index (κ2) is 1.35. The predicted octanol–water partition coefficient (Wildman–Crippen LogP) is -1.50. The Kier molecular flexibility index (Phi) is 0.878. The van der Waals surface area contributed by atoms with Crippen molar-refractivity contribution in [2.24, 2.45) is 0 Å². The second-order valence-electron chi connectivity index (χ2n) is 2.77. The largest absolute Gasteiger partial charge is 0.381 e. The third kappa shape index (κ3) is 0.462. The van der Waals surface area contributed by atoms with E-state index in [9.17, 15) is 4.39 Å². The average Bonchev–Trinajstić information content (AvgIpc) is 2.21. The summed E-state index contributed by atoms with van der Waals surface area (Å²) in [5.74, 6) is -2.65. The van der Waals surface area contributed by atoms with Crippen LogP contribution in [-0.4, -0.2) is 39.2 Å². The van der Waals surface area contributed by atoms with Gasteiger partial charge in [-0.1, -0.05) is 0 Å². The van der Waals surface area contributed by atoms with Gasteiger partial charge in [0.2, 0.25) is 0 Å². The van der Waals surface area contributed by atoms with E-state index in [-0.39, 0.29) is 6.42 Å². The lowest BCUT2D eigenvalue weighted by Gasteiger charge is -2.10. The molecule has 58 valence electrons. The van der Waals surface area contributed by atoms with Crippen molar-refractivity contribution in [3.05, 3.63) is 0 Å². The molecular weight excluding hydrogens is 143 g/mol. The quantitative estimate of drug-likeness (QED) is 0.393. The van der Waals surface area contributed by atoms with Gasteiger partial charge in [-0.05, 0) is 0 Å². The lowest BCUT2D eigenvalue weighted by Crippen LogP contribution is -2.26. The van der Waals surface area contributed by atoms with Crippen molar-refractivity contribution in [1.29, 1.82) is 0 Å². The molecule has 1 heterocycles. The Morgan fingerprint density at radius 1 is 1.50 bits per heavy atom. The van der Waals surface area contributed by atoms with Crippen LogP contribution in [0.2, 0.25) is 0 Å². The second-order valence-corrected chi connectivity index (χ2v) is 2.77. The highest BCUT2D eigenvalue weighted by molar-refractivity contribution is 5.25. The molecule has 1 aliphatic heterocycles. The highest BCUT2D eigenvalue weighted by atomic mass is 19.2. The van der Waals surface area contributed by atoms with Crippen molar-refractivity contribution >= 4 is 0 Å². The van der Waals surface area contributed by atoms with Gasteiger partial charge in [-0.3, -0.25) is 0 Å². The standard InChI is InChI=1S/C5H7FO4/c6-5(9)3-4(5,8)1-2(7)10-3/h2-3,7-9H,1H2/t2-,3-,4+,5?/m0/s1. The van der Waals surface area contributed by atoms with Crippen LogP contribution in [0, 0.1) is 0 Å². The van der Waals surface area contributed by atoms with Gasteiger partial charge in [0.15, 0.2) is 18.0 Å². The van der Waals surface area contributed by atoms with E-state index in [1.807, 2.05) is 0 Å². The number of aliphatic hydroxyl groups is 3. The Hall–Kier alpha value is -0.230. The maximum atomic E-state index is 12.5. The van der Waals surface area contributed by atoms with Gasteiger partial charge in [0.1, 0.15) is 0 Å². The molecule has 0 aromatic rings. The summed E-state index contributed by atoms with van der Waals surface area (Å²) in [5, 5.41) is 26.4. The smallest absolute Gasteiger partial charge is 0.268 e. The SMILES string of the molecule is O[C@@H]1C[C@@]2(O)[C@H](O1)C2(O)F. The zero-order valence-electron chi connectivity index (χ0n) is 4.99. The number of halogens is 1. The normalized spacial score (nSPS) is 66.0. The van der Waals surface area contributed by atoms with Crippen LogP contribution < -0.4 is 0 Å². The van der Waals surface area contributed by atoms with Crippen LogP contribution in [0.15, 0.2) is 0 Å². The maximum Gasteiger partial charge on any atom is 0.268 e. The molecule has 0 aromatic carbocycles. The maximum absolute atomic E-state index is 12.5. The molecule has 1 saturated carbocycles. The van der Waals surface area contributed by atoms with E-state index in [2.05, 4.69) is 4.74 Å². The Balaban J connectivity index is 2.20. The van der Waals surface area contributed by atoms with Gasteiger partial charge in [-0.25, -0.2) is 4.39 Å². The molecule has 3 N–H and O–H groups in total. The fraction of sp³-hybridized carbons (Fsp3) is 1.00. The minimum absolute atomic E-state index is 0.259. The van der Waals surface area contributed by atoms with Gasteiger partial charge in [0.05, 0.1) is 0 Å². The van der Waals surface area contributed by atoms with Gasteiger partial charge in [0, 0.05) is 6.42 Å². The Morgan fingerprint density at radius 2 is 2.10 bits per heavy atom. The van der Waals surface area contributed by atoms with Crippen LogP contribution in [-0.2, 0) is 4.74 Å². The molecule has 2 fully saturated rings. The van der Waals surface area contributed by atoms with E-state index in [1.54, 1.807) is 0 Å². The summed E-state index contributed by atoms with van der Waals surface area (Å²) in [4.78, 5) is 0. The predicted molar refractivity (Wildman–Crippen MR) is 26.5 cm³/mol. The number of rotatable bonds is 0. The summed E-state index contributed by atoms with van der Waals surface area (Å²) < 4.78 is 17.0. The minimum atomic E-state index is -2.65. The van der Waals surface area contributed by atoms with Crippen LogP contribution in [0.4, 0.5) is 4.39 Å². The number of fused-ring (bicyclic) bond motifs is 1. The molecule has 5 heteroatoms. The van der Waals surface area contributed by atoms with Gasteiger partial charge >= 0.3 is 0 Å². The summed E-state index contributed by atoms with van der Waals surface area (Å²) >= 11 is 0. The van der Waals surface area contributed by atoms with Crippen molar-refractivity contribution in [3.8, 4) is 0 Å². The van der Waals surface area contributed by atoms with Gasteiger partial charge in [-0.2, -0.15) is 0 Å². The first-order valence-corrected chi connectivity index (χ1v) is 2.95. The zero-order valence-corrected chi connectivity index (χ0v) is 4.99. The molecule has 1 aliphatic carbocycles. The van der Waals surface area contributed by atoms with E-state index in [4.69, 9.17) is 15.3 Å². The van der Waals surface area contributed by atoms with Crippen LogP contribution in [0.25, 0.3) is 0 Å². The van der Waals surface area contributed by atoms with Crippen molar-refractivity contribution in [2.75, 3.05) is 0 Å². The molecule has 2 aliphatic rings. The Bertz CT molecular complexity index is 182. The zero-order chi connectivity index (χ0) is 7.57. The molecule has 10 heavy (non-hydrogen) atoms. The molecule has 2 rings (SSSR count). The van der Waals surface area contributed by atoms with Crippen molar-refractivity contribution in [3.63, 3.8) is 0 Å². The van der Waals surface area contributed by atoms with Gasteiger partial charge < -0.3 is 20.1 Å². The first-order chi connectivity index (χ1) is 4.48. The molecular formula is C5H7FO4. The molecule has 1 unspecified atom stereocenters. The monoisotopic (exact) mass is 150 g/mol. The molecule has 0 bridgehead atoms. The van der Waals surface area contributed by atoms with Crippen LogP contribution in [0.5, 0.6) is 0 Å². The average molecular weight is 150 g/mol. The van der Waals surface area contributed by atoms with Crippen LogP contribution in [0.1, 0.15) is 6.42 Å². The van der Waals surface area contributed by atoms with E-state index < -0.39 is 23.8 Å². The molecule has 1 saturated heterocycles. The number of alkyl halides is 1. The van der Waals surface area contributed by atoms with Gasteiger partial charge in [-0.15, -0.1) is 0 Å². The van der Waals surface area contributed by atoms with E-state index in [0.717, 1.165) is 0 Å². The van der Waals surface area contributed by atoms with E-state index >= 15 is 0 Å². The Labute approximate surface area is 55.8 Å². The van der Waals surface area contributed by atoms with Crippen molar-refractivity contribution < 1.29 is 24.4 Å². The topological polar surface area (TPSA) is 69.9 Å². The molecule has 0 aromatic heterocycles. The Morgan fingerprint density at radius 3 is 2.40 bits per heavy atom. The summed E-state index contributed by atoms with van der Waals surface area (Å²) in [7, 11) is 0. The molecule has 0 amide bonds. The third-order valence-corrected chi connectivity index (χ3v) is 2.08. The first-order valence-electron chi connectivity index (χ1n) is 2.95. The van der Waals surface area contributed by atoms with Crippen LogP contribution in [0.3, 0.4) is 0 Å². The summed E-state index contributed by atoms with van der Waals surface area (Å²) in [5.41, 5.74) is -1.85. The molecule has 4 atom stereocenters. The number of hydrogen-bond donors (Lipinski definition) is 3. The molecule has 0 radical (unpaired) electrons. The fourth-order valence-corrected chi connectivity index (χ4v) is 1.36. The molecule has 4 nitrogen and oxygen atoms in total. The lowest BCUT2D eigenvalue weighted by molar-refractivity contribution is -0.164. The van der Waals surface area contributed by atoms with E-state index in [1.165, 1.54) is 0 Å². The van der Waals surface area contributed by atoms with Crippen molar-refractivity contribution in [2.45, 2.75) is 30.3 Å². The number of hydrogen-bond acceptors (Lipinski definition) is 4. The molecule has 0 spiro atoms. The first kappa shape index (κ1) is 6.48. The summed E-state index contributed by atoms with van der Waals surface area (Å²) in [6.07, 6.45) is -2.66. The fourth-order valence-electron chi connectivity index (χ4n) is 1.36. The summed E-state index contributed by atoms with van der Waals surface area (Å²) in [6, 6.07) is 0. The third-order valence-electron chi connectivity index (χ3n) is 2.08. The van der Waals surface area contributed by atoms with Crippen molar-refractivity contribution in [1.82, 2.24) is 0 Å². The highest BCUT2D eigenvalue weighted by Crippen LogP contribution is 2.58. The minimum Gasteiger partial charge on any atom is -0.381 e. The lowest BCUT2D eigenvalue weighted by atomic mass is 10.2. The number of aliphatic hydroxyl groups excluding tert-OH is 1. The van der Waals surface area contributed by atoms with Gasteiger partial charge in [0.25, 0.3) is 5.85 Å². The van der Waals surface area contributed by atoms with Crippen LogP contribution >= 0.6 is 0 Å². The highest BCUT2D eigenvalue weighted by Gasteiger charge is 2.84.